The number of benzene rings is 1. The topological polar surface area (TPSA) is 57.9 Å². The SMILES string of the molecule is CN(C)C[C@@H]1CN(c2ccc(Nc3nc(Br)cn4ccnc34)cc2)CCO1. The fourth-order valence-electron chi connectivity index (χ4n) is 3.35. The molecule has 0 amide bonds. The number of ether oxygens (including phenoxy) is 1. The van der Waals surface area contributed by atoms with Crippen molar-refractivity contribution < 1.29 is 4.74 Å². The van der Waals surface area contributed by atoms with Gasteiger partial charge in [0.05, 0.1) is 12.7 Å². The van der Waals surface area contributed by atoms with Crippen LogP contribution < -0.4 is 10.2 Å². The van der Waals surface area contributed by atoms with E-state index in [1.807, 2.05) is 16.8 Å². The summed E-state index contributed by atoms with van der Waals surface area (Å²) >= 11 is 3.45. The van der Waals surface area contributed by atoms with Crippen molar-refractivity contribution in [3.8, 4) is 0 Å². The van der Waals surface area contributed by atoms with Crippen molar-refractivity contribution in [3.63, 3.8) is 0 Å². The second-order valence-electron chi connectivity index (χ2n) is 6.94. The van der Waals surface area contributed by atoms with Gasteiger partial charge in [-0.3, -0.25) is 0 Å². The molecule has 0 bridgehead atoms. The van der Waals surface area contributed by atoms with Crippen LogP contribution >= 0.6 is 15.9 Å². The van der Waals surface area contributed by atoms with Crippen LogP contribution in [0.15, 0.2) is 47.5 Å². The average molecular weight is 431 g/mol. The van der Waals surface area contributed by atoms with E-state index in [1.165, 1.54) is 5.69 Å². The zero-order valence-electron chi connectivity index (χ0n) is 15.5. The molecule has 1 aliphatic rings. The van der Waals surface area contributed by atoms with Gasteiger partial charge in [-0.1, -0.05) is 0 Å². The summed E-state index contributed by atoms with van der Waals surface area (Å²) in [5.74, 6) is 0.722. The highest BCUT2D eigenvalue weighted by Crippen LogP contribution is 2.24. The lowest BCUT2D eigenvalue weighted by molar-refractivity contribution is 0.0248. The summed E-state index contributed by atoms with van der Waals surface area (Å²) in [4.78, 5) is 13.4. The summed E-state index contributed by atoms with van der Waals surface area (Å²) in [5.41, 5.74) is 2.98. The lowest BCUT2D eigenvalue weighted by atomic mass is 10.2. The zero-order chi connectivity index (χ0) is 18.8. The van der Waals surface area contributed by atoms with E-state index in [1.54, 1.807) is 6.20 Å². The van der Waals surface area contributed by atoms with E-state index >= 15 is 0 Å². The molecule has 0 saturated carbocycles. The number of rotatable bonds is 5. The molecule has 1 fully saturated rings. The number of imidazole rings is 1. The number of aromatic nitrogens is 3. The maximum Gasteiger partial charge on any atom is 0.180 e. The molecule has 0 unspecified atom stereocenters. The van der Waals surface area contributed by atoms with E-state index in [0.29, 0.717) is 0 Å². The van der Waals surface area contributed by atoms with Crippen molar-refractivity contribution in [1.82, 2.24) is 19.3 Å². The van der Waals surface area contributed by atoms with Gasteiger partial charge in [-0.15, -0.1) is 0 Å². The number of anilines is 3. The molecule has 7 nitrogen and oxygen atoms in total. The van der Waals surface area contributed by atoms with Gasteiger partial charge >= 0.3 is 0 Å². The van der Waals surface area contributed by atoms with Gasteiger partial charge in [-0.2, -0.15) is 0 Å². The Hall–Kier alpha value is -2.16. The first-order valence-electron chi connectivity index (χ1n) is 8.96. The van der Waals surface area contributed by atoms with Crippen molar-refractivity contribution in [1.29, 1.82) is 0 Å². The van der Waals surface area contributed by atoms with Crippen LogP contribution in [-0.2, 0) is 4.74 Å². The molecule has 1 aromatic carbocycles. The minimum Gasteiger partial charge on any atom is -0.373 e. The number of morpholine rings is 1. The fraction of sp³-hybridized carbons (Fsp3) is 0.368. The summed E-state index contributed by atoms with van der Waals surface area (Å²) in [6.07, 6.45) is 5.80. The molecule has 142 valence electrons. The second-order valence-corrected chi connectivity index (χ2v) is 7.76. The van der Waals surface area contributed by atoms with E-state index in [4.69, 9.17) is 4.74 Å². The third-order valence-electron chi connectivity index (χ3n) is 4.55. The van der Waals surface area contributed by atoms with Gasteiger partial charge in [0.2, 0.25) is 0 Å². The number of likely N-dealkylation sites (N-methyl/N-ethyl adjacent to an activating group) is 1. The van der Waals surface area contributed by atoms with Crippen molar-refractivity contribution in [2.45, 2.75) is 6.10 Å². The number of hydrogen-bond acceptors (Lipinski definition) is 6. The average Bonchev–Trinajstić information content (AvgIpc) is 3.10. The van der Waals surface area contributed by atoms with Crippen molar-refractivity contribution in [2.24, 2.45) is 0 Å². The van der Waals surface area contributed by atoms with E-state index in [2.05, 4.69) is 79.4 Å². The van der Waals surface area contributed by atoms with E-state index in [0.717, 1.165) is 48.0 Å². The number of hydrogen-bond donors (Lipinski definition) is 1. The van der Waals surface area contributed by atoms with Gasteiger partial charge in [-0.05, 0) is 54.3 Å². The number of halogens is 1. The minimum absolute atomic E-state index is 0.242. The Labute approximate surface area is 167 Å². The molecule has 1 saturated heterocycles. The molecule has 8 heteroatoms. The summed E-state index contributed by atoms with van der Waals surface area (Å²) in [6.45, 7) is 3.52. The lowest BCUT2D eigenvalue weighted by Crippen LogP contribution is -2.46. The molecule has 0 aliphatic carbocycles. The second kappa shape index (κ2) is 7.84. The van der Waals surface area contributed by atoms with Crippen LogP contribution in [0.2, 0.25) is 0 Å². The zero-order valence-corrected chi connectivity index (χ0v) is 17.1. The predicted molar refractivity (Wildman–Crippen MR) is 111 cm³/mol. The Morgan fingerprint density at radius 2 is 2.11 bits per heavy atom. The van der Waals surface area contributed by atoms with Gasteiger partial charge in [0.25, 0.3) is 0 Å². The summed E-state index contributed by atoms with van der Waals surface area (Å²) in [7, 11) is 4.16. The highest BCUT2D eigenvalue weighted by Gasteiger charge is 2.21. The molecular weight excluding hydrogens is 408 g/mol. The molecule has 27 heavy (non-hydrogen) atoms. The van der Waals surface area contributed by atoms with Gasteiger partial charge in [0.1, 0.15) is 4.60 Å². The quantitative estimate of drug-likeness (QED) is 0.671. The standard InChI is InChI=1S/C19H23BrN6O/c1-24(2)11-16-12-25(9-10-27-16)15-5-3-14(4-6-15)22-18-19-21-7-8-26(19)13-17(20)23-18/h3-8,13,16H,9-12H2,1-2H3,(H,22,23)/t16-/m1/s1. The lowest BCUT2D eigenvalue weighted by Gasteiger charge is -2.35. The summed E-state index contributed by atoms with van der Waals surface area (Å²) < 4.78 is 8.56. The molecule has 1 aliphatic heterocycles. The van der Waals surface area contributed by atoms with Crippen molar-refractivity contribution in [2.75, 3.05) is 50.6 Å². The third-order valence-corrected chi connectivity index (χ3v) is 4.93. The molecule has 2 aromatic heterocycles. The largest absolute Gasteiger partial charge is 0.373 e. The molecule has 0 spiro atoms. The van der Waals surface area contributed by atoms with E-state index in [9.17, 15) is 0 Å². The van der Waals surface area contributed by atoms with Crippen molar-refractivity contribution in [3.05, 3.63) is 47.5 Å². The van der Waals surface area contributed by atoms with Crippen LogP contribution in [0.25, 0.3) is 5.65 Å². The molecule has 1 N–H and O–H groups in total. The highest BCUT2D eigenvalue weighted by molar-refractivity contribution is 9.10. The first kappa shape index (κ1) is 18.2. The minimum atomic E-state index is 0.242. The highest BCUT2D eigenvalue weighted by atomic mass is 79.9. The molecular formula is C19H23BrN6O. The van der Waals surface area contributed by atoms with Crippen LogP contribution in [0.1, 0.15) is 0 Å². The molecule has 0 radical (unpaired) electrons. The van der Waals surface area contributed by atoms with Crippen LogP contribution in [0, 0.1) is 0 Å². The normalized spacial score (nSPS) is 17.6. The molecule has 4 rings (SSSR count). The van der Waals surface area contributed by atoms with Crippen LogP contribution in [0.5, 0.6) is 0 Å². The maximum atomic E-state index is 5.87. The Kier molecular flexibility index (Phi) is 5.29. The van der Waals surface area contributed by atoms with E-state index in [-0.39, 0.29) is 6.10 Å². The summed E-state index contributed by atoms with van der Waals surface area (Å²) in [5, 5.41) is 3.36. The molecule has 3 aromatic rings. The maximum absolute atomic E-state index is 5.87. The number of nitrogens with one attached hydrogen (secondary N) is 1. The predicted octanol–water partition coefficient (Wildman–Crippen LogP) is 3.00. The van der Waals surface area contributed by atoms with E-state index < -0.39 is 0 Å². The van der Waals surface area contributed by atoms with Gasteiger partial charge in [0.15, 0.2) is 11.5 Å². The van der Waals surface area contributed by atoms with Crippen LogP contribution in [0.4, 0.5) is 17.2 Å². The first-order chi connectivity index (χ1) is 13.1. The molecule has 3 heterocycles. The van der Waals surface area contributed by atoms with Crippen LogP contribution in [-0.4, -0.2) is 65.7 Å². The fourth-order valence-corrected chi connectivity index (χ4v) is 3.75. The smallest absolute Gasteiger partial charge is 0.180 e. The Morgan fingerprint density at radius 1 is 1.30 bits per heavy atom. The number of nitrogens with zero attached hydrogens (tertiary/aromatic N) is 5. The summed E-state index contributed by atoms with van der Waals surface area (Å²) in [6, 6.07) is 8.43. The molecule has 1 atom stereocenters. The Morgan fingerprint density at radius 3 is 2.89 bits per heavy atom. The third kappa shape index (κ3) is 4.23. The first-order valence-corrected chi connectivity index (χ1v) is 9.75. The van der Waals surface area contributed by atoms with Gasteiger partial charge in [0, 0.05) is 49.6 Å². The van der Waals surface area contributed by atoms with Crippen molar-refractivity contribution >= 4 is 38.8 Å². The van der Waals surface area contributed by atoms with Crippen LogP contribution in [0.3, 0.4) is 0 Å². The van der Waals surface area contributed by atoms with Gasteiger partial charge < -0.3 is 24.3 Å². The Balaban J connectivity index is 1.48. The number of fused-ring (bicyclic) bond motifs is 1. The van der Waals surface area contributed by atoms with Gasteiger partial charge in [-0.25, -0.2) is 9.97 Å². The monoisotopic (exact) mass is 430 g/mol. The Bertz CT molecular complexity index is 910.